The smallest absolute Gasteiger partial charge is 0.338 e. The number of esters is 1. The fourth-order valence-corrected chi connectivity index (χ4v) is 2.09. The second-order valence-corrected chi connectivity index (χ2v) is 5.08. The van der Waals surface area contributed by atoms with Crippen LogP contribution in [0, 0.1) is 6.92 Å². The fraction of sp³-hybridized carbons (Fsp3) is 0.118. The zero-order chi connectivity index (χ0) is 16.9. The Morgan fingerprint density at radius 3 is 2.54 bits per heavy atom. The lowest BCUT2D eigenvalue weighted by Crippen LogP contribution is -2.21. The topological polar surface area (TPSA) is 86.4 Å². The second-order valence-electron chi connectivity index (χ2n) is 5.08. The molecule has 2 heterocycles. The van der Waals surface area contributed by atoms with Crippen LogP contribution in [0.2, 0.25) is 0 Å². The Morgan fingerprint density at radius 2 is 1.92 bits per heavy atom. The maximum atomic E-state index is 12.0. The SMILES string of the molecule is Cc1cc(NC(=O)COC(=O)c2ccc(-n3cccc3)cc2)no1. The van der Waals surface area contributed by atoms with Crippen LogP contribution in [0.5, 0.6) is 0 Å². The van der Waals surface area contributed by atoms with E-state index in [2.05, 4.69) is 10.5 Å². The van der Waals surface area contributed by atoms with Crippen LogP contribution >= 0.6 is 0 Å². The van der Waals surface area contributed by atoms with Gasteiger partial charge >= 0.3 is 5.97 Å². The maximum Gasteiger partial charge on any atom is 0.338 e. The molecule has 0 saturated carbocycles. The Morgan fingerprint density at radius 1 is 1.21 bits per heavy atom. The molecule has 24 heavy (non-hydrogen) atoms. The van der Waals surface area contributed by atoms with Crippen molar-refractivity contribution in [3.8, 4) is 5.69 Å². The van der Waals surface area contributed by atoms with Crippen LogP contribution < -0.4 is 5.32 Å². The number of nitrogens with zero attached hydrogens (tertiary/aromatic N) is 2. The van der Waals surface area contributed by atoms with E-state index in [1.807, 2.05) is 29.1 Å². The van der Waals surface area contributed by atoms with Gasteiger partial charge in [-0.05, 0) is 43.3 Å². The molecule has 7 heteroatoms. The molecule has 2 aromatic heterocycles. The number of aromatic nitrogens is 2. The molecule has 122 valence electrons. The van der Waals surface area contributed by atoms with Crippen molar-refractivity contribution in [2.45, 2.75) is 6.92 Å². The lowest BCUT2D eigenvalue weighted by atomic mass is 10.2. The Labute approximate surface area is 137 Å². The summed E-state index contributed by atoms with van der Waals surface area (Å²) in [5.41, 5.74) is 1.30. The van der Waals surface area contributed by atoms with Crippen molar-refractivity contribution < 1.29 is 18.8 Å². The molecule has 0 bridgehead atoms. The van der Waals surface area contributed by atoms with E-state index in [1.54, 1.807) is 37.3 Å². The molecule has 3 rings (SSSR count). The number of ether oxygens (including phenoxy) is 1. The van der Waals surface area contributed by atoms with Gasteiger partial charge in [-0.2, -0.15) is 0 Å². The van der Waals surface area contributed by atoms with Gasteiger partial charge in [0.15, 0.2) is 12.4 Å². The van der Waals surface area contributed by atoms with Crippen molar-refractivity contribution in [2.75, 3.05) is 11.9 Å². The molecule has 3 aromatic rings. The van der Waals surface area contributed by atoms with Crippen LogP contribution in [0.15, 0.2) is 59.4 Å². The Bertz CT molecular complexity index is 835. The van der Waals surface area contributed by atoms with E-state index < -0.39 is 18.5 Å². The van der Waals surface area contributed by atoms with E-state index in [-0.39, 0.29) is 5.82 Å². The number of rotatable bonds is 5. The lowest BCUT2D eigenvalue weighted by Gasteiger charge is -2.06. The van der Waals surface area contributed by atoms with E-state index in [0.29, 0.717) is 11.3 Å². The van der Waals surface area contributed by atoms with Crippen LogP contribution in [0.4, 0.5) is 5.82 Å². The fourth-order valence-electron chi connectivity index (χ4n) is 2.09. The first-order valence-electron chi connectivity index (χ1n) is 7.25. The number of benzene rings is 1. The van der Waals surface area contributed by atoms with Gasteiger partial charge in [0.2, 0.25) is 0 Å². The van der Waals surface area contributed by atoms with E-state index in [0.717, 1.165) is 5.69 Å². The summed E-state index contributed by atoms with van der Waals surface area (Å²) in [6.45, 7) is 1.31. The molecule has 0 unspecified atom stereocenters. The summed E-state index contributed by atoms with van der Waals surface area (Å²) in [5, 5.41) is 6.10. The predicted octanol–water partition coefficient (Wildman–Crippen LogP) is 2.57. The van der Waals surface area contributed by atoms with Gasteiger partial charge in [-0.15, -0.1) is 0 Å². The molecular weight excluding hydrogens is 310 g/mol. The van der Waals surface area contributed by atoms with Gasteiger partial charge in [-0.25, -0.2) is 4.79 Å². The highest BCUT2D eigenvalue weighted by atomic mass is 16.5. The van der Waals surface area contributed by atoms with Crippen LogP contribution in [-0.2, 0) is 9.53 Å². The highest BCUT2D eigenvalue weighted by Gasteiger charge is 2.12. The average molecular weight is 325 g/mol. The molecule has 0 fully saturated rings. The molecule has 1 aromatic carbocycles. The van der Waals surface area contributed by atoms with E-state index >= 15 is 0 Å². The molecule has 7 nitrogen and oxygen atoms in total. The quantitative estimate of drug-likeness (QED) is 0.729. The van der Waals surface area contributed by atoms with E-state index in [1.165, 1.54) is 0 Å². The molecule has 0 aliphatic rings. The van der Waals surface area contributed by atoms with Crippen molar-refractivity contribution in [2.24, 2.45) is 0 Å². The third-order valence-electron chi connectivity index (χ3n) is 3.24. The van der Waals surface area contributed by atoms with Crippen molar-refractivity contribution in [3.05, 3.63) is 66.2 Å². The summed E-state index contributed by atoms with van der Waals surface area (Å²) in [4.78, 5) is 23.7. The number of hydrogen-bond donors (Lipinski definition) is 1. The summed E-state index contributed by atoms with van der Waals surface area (Å²) >= 11 is 0. The Hall–Kier alpha value is -3.35. The van der Waals surface area contributed by atoms with Gasteiger partial charge in [-0.1, -0.05) is 5.16 Å². The van der Waals surface area contributed by atoms with Crippen LogP contribution in [-0.4, -0.2) is 28.2 Å². The molecule has 0 aliphatic heterocycles. The number of aryl methyl sites for hydroxylation is 1. The lowest BCUT2D eigenvalue weighted by molar-refractivity contribution is -0.119. The largest absolute Gasteiger partial charge is 0.452 e. The monoisotopic (exact) mass is 325 g/mol. The predicted molar refractivity (Wildman–Crippen MR) is 85.9 cm³/mol. The van der Waals surface area contributed by atoms with Crippen molar-refractivity contribution in [1.82, 2.24) is 9.72 Å². The van der Waals surface area contributed by atoms with Gasteiger partial charge in [0.25, 0.3) is 5.91 Å². The minimum atomic E-state index is -0.569. The van der Waals surface area contributed by atoms with Crippen molar-refractivity contribution in [3.63, 3.8) is 0 Å². The highest BCUT2D eigenvalue weighted by Crippen LogP contribution is 2.11. The van der Waals surface area contributed by atoms with Crippen LogP contribution in [0.3, 0.4) is 0 Å². The zero-order valence-corrected chi connectivity index (χ0v) is 12.9. The van der Waals surface area contributed by atoms with Gasteiger partial charge in [0, 0.05) is 24.1 Å². The Kier molecular flexibility index (Phi) is 4.42. The molecule has 0 saturated heterocycles. The summed E-state index contributed by atoms with van der Waals surface area (Å²) in [6, 6.07) is 12.3. The third-order valence-corrected chi connectivity index (χ3v) is 3.24. The first kappa shape index (κ1) is 15.5. The first-order valence-corrected chi connectivity index (χ1v) is 7.25. The van der Waals surface area contributed by atoms with Gasteiger partial charge in [0.1, 0.15) is 5.76 Å². The molecule has 0 atom stereocenters. The van der Waals surface area contributed by atoms with E-state index in [4.69, 9.17) is 9.26 Å². The molecule has 0 radical (unpaired) electrons. The summed E-state index contributed by atoms with van der Waals surface area (Å²) in [6.07, 6.45) is 3.81. The van der Waals surface area contributed by atoms with Gasteiger partial charge in [-0.3, -0.25) is 4.79 Å². The van der Waals surface area contributed by atoms with Gasteiger partial charge < -0.3 is 19.1 Å². The van der Waals surface area contributed by atoms with Crippen molar-refractivity contribution >= 4 is 17.7 Å². The second kappa shape index (κ2) is 6.82. The molecular formula is C17H15N3O4. The molecule has 1 N–H and O–H groups in total. The maximum absolute atomic E-state index is 12.0. The standard InChI is InChI=1S/C17H15N3O4/c1-12-10-15(19-24-12)18-16(21)11-23-17(22)13-4-6-14(7-5-13)20-8-2-3-9-20/h2-10H,11H2,1H3,(H,18,19,21). The number of nitrogens with one attached hydrogen (secondary N) is 1. The highest BCUT2D eigenvalue weighted by molar-refractivity contribution is 5.95. The molecule has 0 aliphatic carbocycles. The first-order chi connectivity index (χ1) is 11.6. The normalized spacial score (nSPS) is 10.4. The Balaban J connectivity index is 1.54. The number of carbonyl (C=O) groups excluding carboxylic acids is 2. The zero-order valence-electron chi connectivity index (χ0n) is 12.9. The number of hydrogen-bond acceptors (Lipinski definition) is 5. The summed E-state index contributed by atoms with van der Waals surface area (Å²) in [7, 11) is 0. The number of anilines is 1. The van der Waals surface area contributed by atoms with Crippen LogP contribution in [0.25, 0.3) is 5.69 Å². The van der Waals surface area contributed by atoms with E-state index in [9.17, 15) is 9.59 Å². The van der Waals surface area contributed by atoms with Crippen molar-refractivity contribution in [1.29, 1.82) is 0 Å². The number of amides is 1. The minimum Gasteiger partial charge on any atom is -0.452 e. The third kappa shape index (κ3) is 3.70. The van der Waals surface area contributed by atoms with Gasteiger partial charge in [0.05, 0.1) is 5.56 Å². The minimum absolute atomic E-state index is 0.282. The summed E-state index contributed by atoms with van der Waals surface area (Å²) < 4.78 is 11.7. The number of carbonyl (C=O) groups is 2. The average Bonchev–Trinajstić information content (AvgIpc) is 3.25. The molecule has 0 spiro atoms. The summed E-state index contributed by atoms with van der Waals surface area (Å²) in [5.74, 6) is -0.198. The van der Waals surface area contributed by atoms with Crippen LogP contribution in [0.1, 0.15) is 16.1 Å². The molecule has 1 amide bonds.